The molecule has 4 aromatic rings. The summed E-state index contributed by atoms with van der Waals surface area (Å²) in [5.41, 5.74) is 3.24. The summed E-state index contributed by atoms with van der Waals surface area (Å²) in [4.78, 5) is 35.7. The lowest BCUT2D eigenvalue weighted by atomic mass is 9.86. The SMILES string of the molecule is CC[C@@]1(O)C(=O)OCc2c1cc1n(c2=O)Cc2c-1nc1ccccc1c2CC[Si](C)(C)CSc1nccn1C. The lowest BCUT2D eigenvalue weighted by Crippen LogP contribution is -2.44. The summed E-state index contributed by atoms with van der Waals surface area (Å²) in [7, 11) is 0.430. The topological polar surface area (TPSA) is 99.2 Å². The van der Waals surface area contributed by atoms with Gasteiger partial charge in [0.05, 0.1) is 37.1 Å². The smallest absolute Gasteiger partial charge is 0.343 e. The number of aromatic nitrogens is 4. The van der Waals surface area contributed by atoms with Crippen LogP contribution in [0.1, 0.15) is 35.6 Å². The summed E-state index contributed by atoms with van der Waals surface area (Å²) in [6.45, 7) is 6.86. The van der Waals surface area contributed by atoms with E-state index in [1.165, 1.54) is 5.56 Å². The zero-order valence-corrected chi connectivity index (χ0v) is 24.5. The van der Waals surface area contributed by atoms with Crippen LogP contribution in [0.25, 0.3) is 22.3 Å². The molecule has 3 aromatic heterocycles. The summed E-state index contributed by atoms with van der Waals surface area (Å²) in [6, 6.07) is 11.0. The van der Waals surface area contributed by atoms with E-state index in [1.807, 2.05) is 49.4 Å². The number of hydrogen-bond donors (Lipinski definition) is 1. The number of para-hydroxylation sites is 1. The van der Waals surface area contributed by atoms with E-state index in [1.54, 1.807) is 17.6 Å². The maximum atomic E-state index is 13.7. The maximum Gasteiger partial charge on any atom is 0.343 e. The Bertz CT molecular complexity index is 1690. The van der Waals surface area contributed by atoms with Gasteiger partial charge in [-0.2, -0.15) is 0 Å². The van der Waals surface area contributed by atoms with Gasteiger partial charge in [0.1, 0.15) is 6.61 Å². The zero-order chi connectivity index (χ0) is 27.5. The van der Waals surface area contributed by atoms with Crippen LogP contribution < -0.4 is 5.56 Å². The van der Waals surface area contributed by atoms with Crippen molar-refractivity contribution in [3.63, 3.8) is 0 Å². The fourth-order valence-corrected chi connectivity index (χ4v) is 9.67. The molecule has 1 aromatic carbocycles. The Morgan fingerprint density at radius 3 is 2.74 bits per heavy atom. The second kappa shape index (κ2) is 9.46. The number of ether oxygens (including phenoxy) is 1. The third kappa shape index (κ3) is 4.25. The van der Waals surface area contributed by atoms with E-state index in [0.29, 0.717) is 23.4 Å². The Kier molecular flexibility index (Phi) is 6.32. The number of esters is 1. The summed E-state index contributed by atoms with van der Waals surface area (Å²) < 4.78 is 9.02. The highest BCUT2D eigenvalue weighted by Crippen LogP contribution is 2.41. The van der Waals surface area contributed by atoms with Crippen LogP contribution in [0.3, 0.4) is 0 Å². The van der Waals surface area contributed by atoms with Gasteiger partial charge >= 0.3 is 5.97 Å². The number of benzene rings is 1. The second-order valence-electron chi connectivity index (χ2n) is 11.3. The molecule has 0 saturated heterocycles. The summed E-state index contributed by atoms with van der Waals surface area (Å²) in [5, 5.41) is 14.4. The molecule has 0 saturated carbocycles. The van der Waals surface area contributed by atoms with Gasteiger partial charge in [0, 0.05) is 36.0 Å². The van der Waals surface area contributed by atoms with Gasteiger partial charge in [0.15, 0.2) is 10.8 Å². The van der Waals surface area contributed by atoms with Gasteiger partial charge in [0.25, 0.3) is 5.56 Å². The van der Waals surface area contributed by atoms with Crippen LogP contribution in [0, 0.1) is 0 Å². The van der Waals surface area contributed by atoms with Crippen LogP contribution in [0.4, 0.5) is 0 Å². The number of carbonyl (C=O) groups excluding carboxylic acids is 1. The fraction of sp³-hybridized carbons (Fsp3) is 0.379. The molecule has 5 heterocycles. The van der Waals surface area contributed by atoms with Gasteiger partial charge in [-0.15, -0.1) is 0 Å². The van der Waals surface area contributed by atoms with Crippen molar-refractivity contribution in [1.29, 1.82) is 0 Å². The molecule has 1 N–H and O–H groups in total. The van der Waals surface area contributed by atoms with Crippen molar-refractivity contribution in [2.75, 3.05) is 5.38 Å². The normalized spacial score (nSPS) is 18.1. The first-order chi connectivity index (χ1) is 18.6. The number of nitrogens with zero attached hydrogens (tertiary/aromatic N) is 4. The van der Waals surface area contributed by atoms with Crippen LogP contribution in [-0.2, 0) is 41.8 Å². The molecule has 2 aliphatic heterocycles. The summed E-state index contributed by atoms with van der Waals surface area (Å²) >= 11 is 1.83. The van der Waals surface area contributed by atoms with E-state index in [0.717, 1.165) is 45.2 Å². The number of rotatable bonds is 7. The van der Waals surface area contributed by atoms with E-state index >= 15 is 0 Å². The molecule has 202 valence electrons. The molecule has 39 heavy (non-hydrogen) atoms. The maximum absolute atomic E-state index is 13.7. The Balaban J connectivity index is 1.40. The van der Waals surface area contributed by atoms with Crippen molar-refractivity contribution in [2.45, 2.75) is 62.8 Å². The van der Waals surface area contributed by atoms with Crippen LogP contribution in [0.2, 0.25) is 19.1 Å². The van der Waals surface area contributed by atoms with Crippen LogP contribution >= 0.6 is 11.8 Å². The number of aliphatic hydroxyl groups is 1. The molecule has 2 aliphatic rings. The second-order valence-corrected chi connectivity index (χ2v) is 17.9. The van der Waals surface area contributed by atoms with E-state index < -0.39 is 19.6 Å². The number of aryl methyl sites for hydroxylation is 2. The summed E-state index contributed by atoms with van der Waals surface area (Å²) in [5.74, 6) is -0.706. The molecule has 0 radical (unpaired) electrons. The molecule has 0 unspecified atom stereocenters. The third-order valence-corrected chi connectivity index (χ3v) is 14.1. The predicted octanol–water partition coefficient (Wildman–Crippen LogP) is 4.40. The van der Waals surface area contributed by atoms with Gasteiger partial charge < -0.3 is 19.0 Å². The molecule has 10 heteroatoms. The molecular formula is C29H32N4O4SSi. The quantitative estimate of drug-likeness (QED) is 0.179. The van der Waals surface area contributed by atoms with Gasteiger partial charge in [-0.1, -0.05) is 56.0 Å². The summed E-state index contributed by atoms with van der Waals surface area (Å²) in [6.07, 6.45) is 4.84. The number of fused-ring (bicyclic) bond motifs is 5. The standard InChI is InChI=1S/C29H32N4O4SSi/c1-5-29(36)22-14-24-25-20(15-33(24)26(34)21(22)16-37-27(29)35)18(19-8-6-7-9-23(19)31-25)10-13-39(3,4)17-38-28-30-11-12-32(28)2/h6-9,11-12,14,36H,5,10,13,15-17H2,1-4H3/t29-/m0/s1. The minimum atomic E-state index is -1.83. The third-order valence-electron chi connectivity index (χ3n) is 8.13. The largest absolute Gasteiger partial charge is 0.458 e. The minimum absolute atomic E-state index is 0.123. The van der Waals surface area contributed by atoms with Crippen molar-refractivity contribution < 1.29 is 14.6 Å². The Labute approximate surface area is 232 Å². The van der Waals surface area contributed by atoms with Crippen molar-refractivity contribution in [1.82, 2.24) is 19.1 Å². The van der Waals surface area contributed by atoms with Crippen LogP contribution in [0.5, 0.6) is 0 Å². The molecule has 0 aliphatic carbocycles. The van der Waals surface area contributed by atoms with E-state index in [-0.39, 0.29) is 18.6 Å². The van der Waals surface area contributed by atoms with Crippen LogP contribution in [-0.4, -0.2) is 43.6 Å². The molecular weight excluding hydrogens is 528 g/mol. The number of carbonyl (C=O) groups is 1. The van der Waals surface area contributed by atoms with Crippen molar-refractivity contribution in [3.05, 3.63) is 75.3 Å². The first-order valence-electron chi connectivity index (χ1n) is 13.3. The van der Waals surface area contributed by atoms with Crippen LogP contribution in [0.15, 0.2) is 52.7 Å². The molecule has 0 spiro atoms. The van der Waals surface area contributed by atoms with Crippen molar-refractivity contribution in [3.8, 4) is 11.4 Å². The number of thioether (sulfide) groups is 1. The molecule has 0 amide bonds. The van der Waals surface area contributed by atoms with Crippen molar-refractivity contribution >= 4 is 36.7 Å². The molecule has 1 atom stereocenters. The monoisotopic (exact) mass is 560 g/mol. The highest BCUT2D eigenvalue weighted by molar-refractivity contribution is 8.00. The average Bonchev–Trinajstić information content (AvgIpc) is 3.51. The molecule has 0 fully saturated rings. The van der Waals surface area contributed by atoms with Crippen molar-refractivity contribution in [2.24, 2.45) is 7.05 Å². The number of pyridine rings is 2. The Hall–Kier alpha value is -3.21. The van der Waals surface area contributed by atoms with Gasteiger partial charge in [-0.3, -0.25) is 4.79 Å². The minimum Gasteiger partial charge on any atom is -0.458 e. The first kappa shape index (κ1) is 26.0. The predicted molar refractivity (Wildman–Crippen MR) is 154 cm³/mol. The molecule has 0 bridgehead atoms. The number of imidazole rings is 1. The molecule has 6 rings (SSSR count). The average molecular weight is 561 g/mol. The van der Waals surface area contributed by atoms with Gasteiger partial charge in [-0.05, 0) is 35.9 Å². The number of cyclic esters (lactones) is 1. The van der Waals surface area contributed by atoms with E-state index in [9.17, 15) is 14.7 Å². The Morgan fingerprint density at radius 2 is 2.00 bits per heavy atom. The highest BCUT2D eigenvalue weighted by Gasteiger charge is 2.45. The van der Waals surface area contributed by atoms with E-state index in [4.69, 9.17) is 9.72 Å². The zero-order valence-electron chi connectivity index (χ0n) is 22.7. The lowest BCUT2D eigenvalue weighted by Gasteiger charge is -2.31. The van der Waals surface area contributed by atoms with Gasteiger partial charge in [0.2, 0.25) is 0 Å². The van der Waals surface area contributed by atoms with E-state index in [2.05, 4.69) is 28.7 Å². The fourth-order valence-electron chi connectivity index (χ4n) is 5.68. The highest BCUT2D eigenvalue weighted by atomic mass is 32.2. The Morgan fingerprint density at radius 1 is 1.21 bits per heavy atom. The first-order valence-corrected chi connectivity index (χ1v) is 17.7. The molecule has 8 nitrogen and oxygen atoms in total. The van der Waals surface area contributed by atoms with Gasteiger partial charge in [-0.25, -0.2) is 14.8 Å². The number of hydrogen-bond acceptors (Lipinski definition) is 7. The lowest BCUT2D eigenvalue weighted by molar-refractivity contribution is -0.172.